The van der Waals surface area contributed by atoms with Crippen molar-refractivity contribution in [3.8, 4) is 22.6 Å². The standard InChI is InChI=1S/C31H30F3N3O4/c1-2-41-27-17-10-22(18-23(27)19-29(38)39)21-8-6-20(7-9-21)4-3-5-28-35-37(30(40)36(28)25-15-16-25)26-13-11-24(12-14-26)31(32,33)34/h6-14,17-18,25H,2-5,15-16,19H2,1H3,(H,38,39). The predicted octanol–water partition coefficient (Wildman–Crippen LogP) is 6.26. The Labute approximate surface area is 234 Å². The highest BCUT2D eigenvalue weighted by atomic mass is 19.4. The first-order valence-electron chi connectivity index (χ1n) is 13.6. The number of aliphatic carboxylic acids is 1. The van der Waals surface area contributed by atoms with E-state index in [4.69, 9.17) is 4.74 Å². The molecule has 1 fully saturated rings. The molecule has 4 aromatic rings. The molecule has 1 aromatic heterocycles. The normalized spacial score (nSPS) is 13.4. The first kappa shape index (κ1) is 28.2. The number of carbonyl (C=O) groups is 1. The molecule has 214 valence electrons. The lowest BCUT2D eigenvalue weighted by Gasteiger charge is -2.11. The van der Waals surface area contributed by atoms with Crippen LogP contribution in [0, 0.1) is 0 Å². The van der Waals surface area contributed by atoms with Crippen molar-refractivity contribution in [3.63, 3.8) is 0 Å². The monoisotopic (exact) mass is 565 g/mol. The molecule has 1 heterocycles. The second-order valence-electron chi connectivity index (χ2n) is 10.1. The Morgan fingerprint density at radius 3 is 2.29 bits per heavy atom. The molecule has 5 rings (SSSR count). The predicted molar refractivity (Wildman–Crippen MR) is 148 cm³/mol. The molecule has 0 atom stereocenters. The Hall–Kier alpha value is -4.34. The third-order valence-electron chi connectivity index (χ3n) is 7.09. The van der Waals surface area contributed by atoms with E-state index in [1.165, 1.54) is 16.8 Å². The lowest BCUT2D eigenvalue weighted by Crippen LogP contribution is -2.24. The van der Waals surface area contributed by atoms with Gasteiger partial charge in [-0.25, -0.2) is 4.79 Å². The molecule has 0 aliphatic heterocycles. The summed E-state index contributed by atoms with van der Waals surface area (Å²) in [6.07, 6.45) is -0.765. The molecule has 41 heavy (non-hydrogen) atoms. The van der Waals surface area contributed by atoms with Crippen LogP contribution in [0.5, 0.6) is 5.75 Å². The Kier molecular flexibility index (Phi) is 8.01. The number of hydrogen-bond acceptors (Lipinski definition) is 4. The van der Waals surface area contributed by atoms with Crippen molar-refractivity contribution in [2.45, 2.75) is 57.7 Å². The molecule has 0 radical (unpaired) electrons. The molecule has 0 amide bonds. The summed E-state index contributed by atoms with van der Waals surface area (Å²) in [5, 5.41) is 13.8. The van der Waals surface area contributed by atoms with Crippen LogP contribution in [0.3, 0.4) is 0 Å². The van der Waals surface area contributed by atoms with Gasteiger partial charge in [0.25, 0.3) is 0 Å². The fourth-order valence-corrected chi connectivity index (χ4v) is 4.92. The average Bonchev–Trinajstić information content (AvgIpc) is 3.72. The van der Waals surface area contributed by atoms with E-state index >= 15 is 0 Å². The van der Waals surface area contributed by atoms with Gasteiger partial charge in [0.2, 0.25) is 0 Å². The van der Waals surface area contributed by atoms with Gasteiger partial charge in [0.05, 0.1) is 24.3 Å². The van der Waals surface area contributed by atoms with E-state index in [-0.39, 0.29) is 18.2 Å². The van der Waals surface area contributed by atoms with Gasteiger partial charge in [0.15, 0.2) is 0 Å². The van der Waals surface area contributed by atoms with Gasteiger partial charge < -0.3 is 9.84 Å². The minimum Gasteiger partial charge on any atom is -0.494 e. The van der Waals surface area contributed by atoms with Gasteiger partial charge in [-0.1, -0.05) is 30.3 Å². The fraction of sp³-hybridized carbons (Fsp3) is 0.323. The van der Waals surface area contributed by atoms with E-state index in [2.05, 4.69) is 5.10 Å². The maximum absolute atomic E-state index is 13.1. The van der Waals surface area contributed by atoms with Crippen molar-refractivity contribution in [2.24, 2.45) is 0 Å². The Bertz CT molecular complexity index is 1590. The van der Waals surface area contributed by atoms with Crippen molar-refractivity contribution in [1.82, 2.24) is 14.3 Å². The van der Waals surface area contributed by atoms with Crippen LogP contribution in [0.15, 0.2) is 71.5 Å². The van der Waals surface area contributed by atoms with E-state index in [9.17, 15) is 27.9 Å². The number of rotatable bonds is 11. The number of carboxylic acids is 1. The van der Waals surface area contributed by atoms with E-state index in [1.54, 1.807) is 10.6 Å². The van der Waals surface area contributed by atoms with E-state index in [0.29, 0.717) is 35.9 Å². The molecule has 0 spiro atoms. The zero-order valence-corrected chi connectivity index (χ0v) is 22.5. The zero-order chi connectivity index (χ0) is 29.1. The Morgan fingerprint density at radius 2 is 1.68 bits per heavy atom. The van der Waals surface area contributed by atoms with Crippen LogP contribution in [-0.2, 0) is 30.2 Å². The van der Waals surface area contributed by atoms with Gasteiger partial charge in [-0.2, -0.15) is 17.9 Å². The Morgan fingerprint density at radius 1 is 1.00 bits per heavy atom. The summed E-state index contributed by atoms with van der Waals surface area (Å²) in [5.74, 6) is 0.282. The highest BCUT2D eigenvalue weighted by molar-refractivity contribution is 5.74. The molecular formula is C31H30F3N3O4. The first-order valence-corrected chi connectivity index (χ1v) is 13.6. The van der Waals surface area contributed by atoms with Gasteiger partial charge in [-0.15, -0.1) is 5.10 Å². The lowest BCUT2D eigenvalue weighted by atomic mass is 9.98. The first-order chi connectivity index (χ1) is 19.6. The summed E-state index contributed by atoms with van der Waals surface area (Å²) in [6.45, 7) is 2.31. The van der Waals surface area contributed by atoms with Gasteiger partial charge in [-0.3, -0.25) is 9.36 Å². The van der Waals surface area contributed by atoms with Crippen molar-refractivity contribution in [3.05, 3.63) is 99.7 Å². The minimum atomic E-state index is -4.45. The second kappa shape index (κ2) is 11.6. The number of carboxylic acid groups (broad SMARTS) is 1. The van der Waals surface area contributed by atoms with Crippen molar-refractivity contribution < 1.29 is 27.8 Å². The molecule has 7 nitrogen and oxygen atoms in total. The summed E-state index contributed by atoms with van der Waals surface area (Å²) in [5.41, 5.74) is 2.79. The molecule has 0 bridgehead atoms. The highest BCUT2D eigenvalue weighted by Crippen LogP contribution is 2.35. The number of aryl methyl sites for hydroxylation is 2. The van der Waals surface area contributed by atoms with Crippen molar-refractivity contribution in [1.29, 1.82) is 0 Å². The number of alkyl halides is 3. The topological polar surface area (TPSA) is 86.4 Å². The van der Waals surface area contributed by atoms with Crippen LogP contribution < -0.4 is 10.4 Å². The molecular weight excluding hydrogens is 535 g/mol. The van der Waals surface area contributed by atoms with Crippen LogP contribution >= 0.6 is 0 Å². The summed E-state index contributed by atoms with van der Waals surface area (Å²) in [6, 6.07) is 18.1. The number of hydrogen-bond donors (Lipinski definition) is 1. The van der Waals surface area contributed by atoms with Gasteiger partial charge in [-0.05, 0) is 85.7 Å². The smallest absolute Gasteiger partial charge is 0.416 e. The molecule has 1 aliphatic rings. The molecule has 1 N–H and O–H groups in total. The SMILES string of the molecule is CCOc1ccc(-c2ccc(CCCc3nn(-c4ccc(C(F)(F)F)cc4)c(=O)n3C3CC3)cc2)cc1CC(=O)O. The zero-order valence-electron chi connectivity index (χ0n) is 22.5. The van der Waals surface area contributed by atoms with Crippen LogP contribution in [0.25, 0.3) is 16.8 Å². The largest absolute Gasteiger partial charge is 0.494 e. The molecule has 10 heteroatoms. The number of aromatic nitrogens is 3. The lowest BCUT2D eigenvalue weighted by molar-refractivity contribution is -0.138. The highest BCUT2D eigenvalue weighted by Gasteiger charge is 2.32. The summed E-state index contributed by atoms with van der Waals surface area (Å²) < 4.78 is 47.3. The quantitative estimate of drug-likeness (QED) is 0.232. The third-order valence-corrected chi connectivity index (χ3v) is 7.09. The van der Waals surface area contributed by atoms with E-state index in [1.807, 2.05) is 43.3 Å². The number of ether oxygens (including phenoxy) is 1. The number of benzene rings is 3. The number of halogens is 3. The van der Waals surface area contributed by atoms with Gasteiger partial charge in [0.1, 0.15) is 11.6 Å². The molecule has 3 aromatic carbocycles. The van der Waals surface area contributed by atoms with Crippen LogP contribution in [0.2, 0.25) is 0 Å². The summed E-state index contributed by atoms with van der Waals surface area (Å²) >= 11 is 0. The van der Waals surface area contributed by atoms with E-state index in [0.717, 1.165) is 54.5 Å². The van der Waals surface area contributed by atoms with Crippen molar-refractivity contribution >= 4 is 5.97 Å². The molecule has 0 unspecified atom stereocenters. The third kappa shape index (κ3) is 6.53. The Balaban J connectivity index is 1.27. The van der Waals surface area contributed by atoms with Gasteiger partial charge in [0, 0.05) is 18.0 Å². The second-order valence-corrected chi connectivity index (χ2v) is 10.1. The molecule has 1 saturated carbocycles. The van der Waals surface area contributed by atoms with Crippen LogP contribution in [0.1, 0.15) is 54.7 Å². The van der Waals surface area contributed by atoms with E-state index < -0.39 is 17.7 Å². The maximum Gasteiger partial charge on any atom is 0.416 e. The molecule has 0 saturated heterocycles. The average molecular weight is 566 g/mol. The van der Waals surface area contributed by atoms with Crippen LogP contribution in [0.4, 0.5) is 13.2 Å². The molecule has 1 aliphatic carbocycles. The van der Waals surface area contributed by atoms with Gasteiger partial charge >= 0.3 is 17.8 Å². The van der Waals surface area contributed by atoms with Crippen molar-refractivity contribution in [2.75, 3.05) is 6.61 Å². The number of nitrogens with zero attached hydrogens (tertiary/aromatic N) is 3. The summed E-state index contributed by atoms with van der Waals surface area (Å²) in [4.78, 5) is 24.4. The minimum absolute atomic E-state index is 0.0834. The summed E-state index contributed by atoms with van der Waals surface area (Å²) in [7, 11) is 0. The fourth-order valence-electron chi connectivity index (χ4n) is 4.92. The maximum atomic E-state index is 13.1. The van der Waals surface area contributed by atoms with Crippen LogP contribution in [-0.4, -0.2) is 32.0 Å².